The lowest BCUT2D eigenvalue weighted by atomic mass is 9.60. The van der Waals surface area contributed by atoms with Gasteiger partial charge in [-0.2, -0.15) is 5.26 Å². The molecule has 0 radical (unpaired) electrons. The van der Waals surface area contributed by atoms with Gasteiger partial charge in [0, 0.05) is 5.41 Å². The molecule has 162 valence electrons. The van der Waals surface area contributed by atoms with E-state index in [-0.39, 0.29) is 6.79 Å². The highest BCUT2D eigenvalue weighted by molar-refractivity contribution is 5.87. The number of carboxylic acid groups (broad SMARTS) is 1. The summed E-state index contributed by atoms with van der Waals surface area (Å²) in [5.74, 6) is 1.12. The number of nitrogens with zero attached hydrogens (tertiary/aromatic N) is 1. The molecule has 0 saturated carbocycles. The van der Waals surface area contributed by atoms with Crippen LogP contribution < -0.4 is 14.2 Å². The van der Waals surface area contributed by atoms with E-state index in [1.807, 2.05) is 54.6 Å². The predicted molar refractivity (Wildman–Crippen MR) is 118 cm³/mol. The van der Waals surface area contributed by atoms with E-state index in [2.05, 4.69) is 6.07 Å². The zero-order valence-electron chi connectivity index (χ0n) is 17.9. The molecular formula is C26H23NO5. The van der Waals surface area contributed by atoms with Crippen molar-refractivity contribution < 1.29 is 24.1 Å². The average molecular weight is 429 g/mol. The molecule has 6 nitrogen and oxygen atoms in total. The molecule has 0 amide bonds. The molecule has 0 spiro atoms. The highest BCUT2D eigenvalue weighted by Gasteiger charge is 2.54. The Bertz CT molecular complexity index is 1180. The number of hydrogen-bond donors (Lipinski definition) is 1. The molecule has 0 aliphatic carbocycles. The van der Waals surface area contributed by atoms with Crippen molar-refractivity contribution in [1.29, 1.82) is 5.26 Å². The van der Waals surface area contributed by atoms with Crippen molar-refractivity contribution >= 4 is 5.97 Å². The fraction of sp³-hybridized carbons (Fsp3) is 0.231. The first-order valence-corrected chi connectivity index (χ1v) is 10.2. The number of hydrogen-bond acceptors (Lipinski definition) is 5. The van der Waals surface area contributed by atoms with Crippen molar-refractivity contribution in [3.05, 3.63) is 83.9 Å². The van der Waals surface area contributed by atoms with Crippen molar-refractivity contribution in [2.75, 3.05) is 6.79 Å². The predicted octanol–water partition coefficient (Wildman–Crippen LogP) is 5.32. The van der Waals surface area contributed by atoms with E-state index in [0.29, 0.717) is 35.0 Å². The monoisotopic (exact) mass is 429 g/mol. The van der Waals surface area contributed by atoms with Crippen molar-refractivity contribution in [1.82, 2.24) is 0 Å². The Balaban J connectivity index is 1.68. The maximum atomic E-state index is 12.6. The van der Waals surface area contributed by atoms with Gasteiger partial charge in [0.25, 0.3) is 0 Å². The third kappa shape index (κ3) is 3.74. The highest BCUT2D eigenvalue weighted by Crippen LogP contribution is 2.47. The summed E-state index contributed by atoms with van der Waals surface area (Å²) in [7, 11) is 0. The van der Waals surface area contributed by atoms with Gasteiger partial charge in [-0.15, -0.1) is 0 Å². The lowest BCUT2D eigenvalue weighted by Crippen LogP contribution is -2.48. The van der Waals surface area contributed by atoms with Crippen LogP contribution in [0, 0.1) is 16.7 Å². The van der Waals surface area contributed by atoms with E-state index in [1.54, 1.807) is 32.0 Å². The Morgan fingerprint density at radius 2 is 1.72 bits per heavy atom. The molecule has 1 aliphatic rings. The summed E-state index contributed by atoms with van der Waals surface area (Å²) in [6.45, 7) is 3.66. The molecule has 1 unspecified atom stereocenters. The minimum absolute atomic E-state index is 0.0724. The van der Waals surface area contributed by atoms with Crippen LogP contribution in [0.15, 0.2) is 72.8 Å². The van der Waals surface area contributed by atoms with Crippen LogP contribution in [-0.2, 0) is 16.6 Å². The quantitative estimate of drug-likeness (QED) is 0.547. The van der Waals surface area contributed by atoms with Crippen LogP contribution in [0.25, 0.3) is 0 Å². The number of ether oxygens (including phenoxy) is 3. The van der Waals surface area contributed by atoms with Gasteiger partial charge in [-0.05, 0) is 53.9 Å². The van der Waals surface area contributed by atoms with E-state index in [9.17, 15) is 15.2 Å². The van der Waals surface area contributed by atoms with Gasteiger partial charge < -0.3 is 19.3 Å². The maximum absolute atomic E-state index is 12.6. The first-order chi connectivity index (χ1) is 15.4. The van der Waals surface area contributed by atoms with Crippen LogP contribution in [0.5, 0.6) is 23.0 Å². The summed E-state index contributed by atoms with van der Waals surface area (Å²) in [5, 5.41) is 20.5. The van der Waals surface area contributed by atoms with Crippen LogP contribution in [0.4, 0.5) is 0 Å². The number of carbonyl (C=O) groups is 1. The van der Waals surface area contributed by atoms with Crippen molar-refractivity contribution in [2.24, 2.45) is 5.41 Å². The first-order valence-electron chi connectivity index (χ1n) is 10.2. The van der Waals surface area contributed by atoms with Crippen molar-refractivity contribution in [2.45, 2.75) is 25.7 Å². The first kappa shape index (κ1) is 21.3. The fourth-order valence-electron chi connectivity index (χ4n) is 4.18. The van der Waals surface area contributed by atoms with Crippen LogP contribution in [0.3, 0.4) is 0 Å². The number of nitriles is 1. The lowest BCUT2D eigenvalue weighted by molar-refractivity contribution is -0.145. The SMILES string of the molecule is CC(C)(Cc1cccc(Oc2ccccc2)c1)C(C#N)(C(=O)O)c1ccc2c(c1)OCO2. The standard InChI is InChI=1S/C26H23NO5/c1-25(2,15-18-7-6-10-21(13-18)32-20-8-4-3-5-9-20)26(16-27,24(28)29)19-11-12-22-23(14-19)31-17-30-22/h3-14H,15,17H2,1-2H3,(H,28,29). The largest absolute Gasteiger partial charge is 0.480 e. The normalized spacial score (nSPS) is 14.3. The Morgan fingerprint density at radius 3 is 2.44 bits per heavy atom. The van der Waals surface area contributed by atoms with Gasteiger partial charge in [0.05, 0.1) is 6.07 Å². The third-order valence-electron chi connectivity index (χ3n) is 5.83. The number of benzene rings is 3. The Labute approximate surface area is 186 Å². The second-order valence-electron chi connectivity index (χ2n) is 8.36. The summed E-state index contributed by atoms with van der Waals surface area (Å²) in [4.78, 5) is 12.6. The molecule has 32 heavy (non-hydrogen) atoms. The van der Waals surface area contributed by atoms with Crippen LogP contribution in [0.2, 0.25) is 0 Å². The Hall–Kier alpha value is -3.98. The molecular weight excluding hydrogens is 406 g/mol. The second kappa shape index (κ2) is 8.27. The molecule has 1 heterocycles. The number of fused-ring (bicyclic) bond motifs is 1. The van der Waals surface area contributed by atoms with E-state index in [1.165, 1.54) is 0 Å². The number of aliphatic carboxylic acids is 1. The molecule has 1 atom stereocenters. The van der Waals surface area contributed by atoms with E-state index < -0.39 is 16.8 Å². The van der Waals surface area contributed by atoms with Gasteiger partial charge in [0.15, 0.2) is 16.9 Å². The Kier molecular flexibility index (Phi) is 5.50. The summed E-state index contributed by atoms with van der Waals surface area (Å²) >= 11 is 0. The highest BCUT2D eigenvalue weighted by atomic mass is 16.7. The zero-order valence-corrected chi connectivity index (χ0v) is 17.9. The molecule has 0 saturated heterocycles. The van der Waals surface area contributed by atoms with Crippen molar-refractivity contribution in [3.8, 4) is 29.1 Å². The topological polar surface area (TPSA) is 88.8 Å². The third-order valence-corrected chi connectivity index (χ3v) is 5.83. The molecule has 1 N–H and O–H groups in total. The molecule has 3 aromatic rings. The van der Waals surface area contributed by atoms with E-state index >= 15 is 0 Å². The summed E-state index contributed by atoms with van der Waals surface area (Å²) in [6.07, 6.45) is 0.341. The lowest BCUT2D eigenvalue weighted by Gasteiger charge is -2.39. The van der Waals surface area contributed by atoms with Gasteiger partial charge in [-0.1, -0.05) is 50.2 Å². The smallest absolute Gasteiger partial charge is 0.329 e. The number of para-hydroxylation sites is 1. The molecule has 0 aromatic heterocycles. The van der Waals surface area contributed by atoms with Crippen molar-refractivity contribution in [3.63, 3.8) is 0 Å². The summed E-state index contributed by atoms with van der Waals surface area (Å²) in [6, 6.07) is 23.9. The molecule has 1 aliphatic heterocycles. The minimum Gasteiger partial charge on any atom is -0.480 e. The van der Waals surface area contributed by atoms with Gasteiger partial charge in [0.1, 0.15) is 11.5 Å². The van der Waals surface area contributed by atoms with Gasteiger partial charge in [0.2, 0.25) is 6.79 Å². The van der Waals surface area contributed by atoms with Crippen LogP contribution >= 0.6 is 0 Å². The fourth-order valence-corrected chi connectivity index (χ4v) is 4.18. The second-order valence-corrected chi connectivity index (χ2v) is 8.36. The van der Waals surface area contributed by atoms with Gasteiger partial charge in [-0.25, -0.2) is 0 Å². The zero-order chi connectivity index (χ0) is 22.8. The van der Waals surface area contributed by atoms with Crippen LogP contribution in [-0.4, -0.2) is 17.9 Å². The molecule has 3 aromatic carbocycles. The van der Waals surface area contributed by atoms with Gasteiger partial charge in [-0.3, -0.25) is 4.79 Å². The van der Waals surface area contributed by atoms with E-state index in [0.717, 1.165) is 5.56 Å². The molecule has 6 heteroatoms. The summed E-state index contributed by atoms with van der Waals surface area (Å²) in [5.41, 5.74) is -1.54. The number of rotatable bonds is 7. The molecule has 0 fully saturated rings. The maximum Gasteiger partial charge on any atom is 0.329 e. The molecule has 0 bridgehead atoms. The number of carboxylic acids is 1. The van der Waals surface area contributed by atoms with E-state index in [4.69, 9.17) is 14.2 Å². The molecule has 4 rings (SSSR count). The average Bonchev–Trinajstić information content (AvgIpc) is 3.23. The summed E-state index contributed by atoms with van der Waals surface area (Å²) < 4.78 is 16.7. The Morgan fingerprint density at radius 1 is 1.00 bits per heavy atom. The minimum atomic E-state index is -1.80. The van der Waals surface area contributed by atoms with Crippen LogP contribution in [0.1, 0.15) is 25.0 Å². The van der Waals surface area contributed by atoms with Gasteiger partial charge >= 0.3 is 5.97 Å².